The number of carbonyl (C=O) groups excluding carboxylic acids is 3. The molecule has 53 heavy (non-hydrogen) atoms. The summed E-state index contributed by atoms with van der Waals surface area (Å²) < 4.78 is 49.7. The molecule has 11 nitrogen and oxygen atoms in total. The third kappa shape index (κ3) is 27.7. The molecule has 0 aromatic heterocycles. The van der Waals surface area contributed by atoms with Gasteiger partial charge >= 0.3 is 11.9 Å². The average Bonchev–Trinajstić information content (AvgIpc) is 3.04. The molecule has 3 unspecified atom stereocenters. The lowest BCUT2D eigenvalue weighted by atomic mass is 9.78. The zero-order valence-electron chi connectivity index (χ0n) is 33.4. The van der Waals surface area contributed by atoms with Gasteiger partial charge in [0.15, 0.2) is 0 Å². The van der Waals surface area contributed by atoms with Gasteiger partial charge in [0.25, 0.3) is 10.1 Å². The Morgan fingerprint density at radius 1 is 0.830 bits per heavy atom. The number of hydrogen-bond donors (Lipinski definition) is 2. The van der Waals surface area contributed by atoms with Crippen LogP contribution in [0.25, 0.3) is 4.85 Å². The number of thioether (sulfide) groups is 2. The smallest absolute Gasteiger partial charge is 0.309 e. The van der Waals surface area contributed by atoms with Crippen molar-refractivity contribution in [3.05, 3.63) is 11.4 Å². The molecule has 0 spiro atoms. The van der Waals surface area contributed by atoms with Gasteiger partial charge in [-0.1, -0.05) is 116 Å². The summed E-state index contributed by atoms with van der Waals surface area (Å²) in [7, 11) is -2.93. The Labute approximate surface area is 334 Å². The lowest BCUT2D eigenvalue weighted by Gasteiger charge is -2.30. The van der Waals surface area contributed by atoms with E-state index in [9.17, 15) is 27.4 Å². The van der Waals surface area contributed by atoms with Gasteiger partial charge in [-0.15, -0.1) is 11.8 Å². The van der Waals surface area contributed by atoms with Crippen LogP contribution in [0.5, 0.6) is 0 Å². The molecular formula is C38H68N2O9S4. The Kier molecular flexibility index (Phi) is 28.1. The maximum absolute atomic E-state index is 13.9. The molecule has 0 aliphatic carbocycles. The zero-order valence-corrected chi connectivity index (χ0v) is 36.6. The summed E-state index contributed by atoms with van der Waals surface area (Å²) in [5, 5.41) is 1.80. The van der Waals surface area contributed by atoms with Gasteiger partial charge in [0, 0.05) is 12.5 Å². The molecule has 0 aliphatic heterocycles. The van der Waals surface area contributed by atoms with Crippen LogP contribution in [0.2, 0.25) is 0 Å². The molecule has 3 atom stereocenters. The van der Waals surface area contributed by atoms with Gasteiger partial charge in [-0.3, -0.25) is 18.9 Å². The molecule has 1 amide bonds. The van der Waals surface area contributed by atoms with E-state index < -0.39 is 61.8 Å². The van der Waals surface area contributed by atoms with E-state index in [0.29, 0.717) is 9.95 Å². The fourth-order valence-corrected chi connectivity index (χ4v) is 9.58. The van der Waals surface area contributed by atoms with Crippen molar-refractivity contribution in [2.24, 2.45) is 17.3 Å². The maximum atomic E-state index is 13.9. The Bertz CT molecular complexity index is 1220. The highest BCUT2D eigenvalue weighted by molar-refractivity contribution is 8.47. The molecule has 2 N–H and O–H groups in total. The minimum Gasteiger partial charge on any atom is -0.465 e. The highest BCUT2D eigenvalue weighted by Crippen LogP contribution is 2.35. The topological polar surface area (TPSA) is 150 Å². The minimum atomic E-state index is -4.42. The number of methoxy groups -OCH3 is 1. The zero-order chi connectivity index (χ0) is 40.3. The molecular weight excluding hydrogens is 757 g/mol. The fraction of sp³-hybridized carbons (Fsp3) is 0.868. The van der Waals surface area contributed by atoms with Gasteiger partial charge in [-0.05, 0) is 51.7 Å². The standard InChI is InChI=1S/C38H68N2O9S4/c1-9-11-13-14-15-16-17-18-19-20-24-51-36(50)52-32(33(41)40-38(5,6)29-53(44,45)46)26-30(34(42)48-21-12-10-2)25-31(27-37(3,4)28-39-7)35(43)49-23-22-47-8/h30-32H,9-29H2,1-6,8H3,(H,40,41)(H,44,45,46). The largest absolute Gasteiger partial charge is 0.465 e. The number of nitrogens with zero attached hydrogens (tertiary/aromatic N) is 1. The monoisotopic (exact) mass is 824 g/mol. The van der Waals surface area contributed by atoms with Crippen LogP contribution in [0, 0.1) is 23.8 Å². The van der Waals surface area contributed by atoms with Gasteiger partial charge in [-0.25, -0.2) is 6.57 Å². The van der Waals surface area contributed by atoms with E-state index in [4.69, 9.17) is 33.0 Å². The molecule has 0 saturated carbocycles. The summed E-state index contributed by atoms with van der Waals surface area (Å²) in [6.07, 6.45) is 13.8. The number of thiocarbonyl (C=S) groups is 1. The van der Waals surface area contributed by atoms with E-state index in [1.54, 1.807) is 0 Å². The SMILES string of the molecule is [C-]#[N+]CC(C)(C)CC(CC(CC(SC(=S)SCCCCCCCCCCCC)C(=O)NC(C)(C)CS(=O)(=O)O)C(=O)OCCCC)C(=O)OCCOC. The number of ether oxygens (including phenoxy) is 3. The summed E-state index contributed by atoms with van der Waals surface area (Å²) in [5.74, 6) is -3.28. The lowest BCUT2D eigenvalue weighted by Crippen LogP contribution is -2.51. The van der Waals surface area contributed by atoms with E-state index in [2.05, 4.69) is 17.1 Å². The van der Waals surface area contributed by atoms with E-state index in [1.165, 1.54) is 77.7 Å². The first-order valence-corrected chi connectivity index (χ1v) is 23.0. The average molecular weight is 825 g/mol. The number of esters is 2. The predicted molar refractivity (Wildman–Crippen MR) is 222 cm³/mol. The van der Waals surface area contributed by atoms with Crippen LogP contribution in [0.3, 0.4) is 0 Å². The molecule has 0 saturated heterocycles. The fourth-order valence-electron chi connectivity index (χ4n) is 5.89. The van der Waals surface area contributed by atoms with E-state index in [0.717, 1.165) is 43.2 Å². The van der Waals surface area contributed by atoms with Crippen LogP contribution in [0.1, 0.15) is 138 Å². The summed E-state index contributed by atoms with van der Waals surface area (Å²) >= 11 is 8.32. The molecule has 0 radical (unpaired) electrons. The molecule has 0 fully saturated rings. The molecule has 0 heterocycles. The van der Waals surface area contributed by atoms with Crippen molar-refractivity contribution in [3.8, 4) is 0 Å². The number of unbranched alkanes of at least 4 members (excludes halogenated alkanes) is 10. The quantitative estimate of drug-likeness (QED) is 0.0226. The van der Waals surface area contributed by atoms with Crippen molar-refractivity contribution in [3.63, 3.8) is 0 Å². The molecule has 0 aromatic rings. The Hall–Kier alpha value is -1.44. The van der Waals surface area contributed by atoms with Crippen LogP contribution in [0.15, 0.2) is 0 Å². The number of rotatable bonds is 31. The number of carbonyl (C=O) groups is 3. The van der Waals surface area contributed by atoms with Crippen molar-refractivity contribution < 1.29 is 41.6 Å². The van der Waals surface area contributed by atoms with E-state index in [-0.39, 0.29) is 45.6 Å². The second-order valence-electron chi connectivity index (χ2n) is 15.2. The first-order chi connectivity index (χ1) is 24.9. The van der Waals surface area contributed by atoms with Crippen molar-refractivity contribution >= 4 is 67.2 Å². The summed E-state index contributed by atoms with van der Waals surface area (Å²) in [6, 6.07) is 0. The predicted octanol–water partition coefficient (Wildman–Crippen LogP) is 8.69. The Morgan fingerprint density at radius 2 is 1.38 bits per heavy atom. The second kappa shape index (κ2) is 28.9. The molecule has 0 aliphatic rings. The van der Waals surface area contributed by atoms with Gasteiger partial charge in [-0.2, -0.15) is 8.42 Å². The summed E-state index contributed by atoms with van der Waals surface area (Å²) in [4.78, 5) is 44.6. The van der Waals surface area contributed by atoms with Crippen LogP contribution < -0.4 is 5.32 Å². The van der Waals surface area contributed by atoms with E-state index >= 15 is 0 Å². The second-order valence-corrected chi connectivity index (χ2v) is 20.2. The van der Waals surface area contributed by atoms with Crippen LogP contribution in [0.4, 0.5) is 0 Å². The maximum Gasteiger partial charge on any atom is 0.309 e. The van der Waals surface area contributed by atoms with E-state index in [1.807, 2.05) is 20.8 Å². The number of nitrogens with one attached hydrogen (secondary N) is 1. The summed E-state index contributed by atoms with van der Waals surface area (Å²) in [5.41, 5.74) is -1.90. The molecule has 0 aromatic carbocycles. The highest BCUT2D eigenvalue weighted by atomic mass is 32.2. The molecule has 15 heteroatoms. The lowest BCUT2D eigenvalue weighted by molar-refractivity contribution is -0.154. The van der Waals surface area contributed by atoms with Crippen LogP contribution >= 0.6 is 35.7 Å². The van der Waals surface area contributed by atoms with Gasteiger partial charge in [0.2, 0.25) is 12.5 Å². The third-order valence-corrected chi connectivity index (χ3v) is 12.6. The normalized spacial score (nSPS) is 13.8. The highest BCUT2D eigenvalue weighted by Gasteiger charge is 2.39. The van der Waals surface area contributed by atoms with Crippen molar-refractivity contribution in [2.75, 3.05) is 45.0 Å². The minimum absolute atomic E-state index is 0.00939. The van der Waals surface area contributed by atoms with Crippen LogP contribution in [-0.2, 0) is 38.7 Å². The number of amides is 1. The van der Waals surface area contributed by atoms with Crippen molar-refractivity contribution in [1.29, 1.82) is 0 Å². The molecule has 0 rings (SSSR count). The first-order valence-electron chi connectivity index (χ1n) is 19.2. The summed E-state index contributed by atoms with van der Waals surface area (Å²) in [6.45, 7) is 18.9. The van der Waals surface area contributed by atoms with Crippen molar-refractivity contribution in [1.82, 2.24) is 5.32 Å². The molecule has 0 bridgehead atoms. The van der Waals surface area contributed by atoms with Gasteiger partial charge in [0.05, 0.1) is 41.6 Å². The first kappa shape index (κ1) is 51.6. The van der Waals surface area contributed by atoms with Crippen molar-refractivity contribution in [2.45, 2.75) is 149 Å². The van der Waals surface area contributed by atoms with Crippen LogP contribution in [-0.4, -0.2) is 90.1 Å². The van der Waals surface area contributed by atoms with Gasteiger partial charge < -0.3 is 24.4 Å². The van der Waals surface area contributed by atoms with Gasteiger partial charge in [0.1, 0.15) is 10.1 Å². The Morgan fingerprint density at radius 3 is 1.92 bits per heavy atom. The number of hydrogen-bond acceptors (Lipinski definition) is 11. The third-order valence-electron chi connectivity index (χ3n) is 8.57. The Balaban J connectivity index is 6.13. The molecule has 308 valence electrons.